The summed E-state index contributed by atoms with van der Waals surface area (Å²) in [6.07, 6.45) is 2.15. The van der Waals surface area contributed by atoms with Gasteiger partial charge in [0.05, 0.1) is 49.7 Å². The molecule has 1 aliphatic rings. The molecule has 4 aromatic rings. The van der Waals surface area contributed by atoms with E-state index in [0.717, 1.165) is 23.3 Å². The number of carbonyl (C=O) groups excluding carboxylic acids is 1. The molecule has 12 heteroatoms. The van der Waals surface area contributed by atoms with Crippen molar-refractivity contribution in [2.24, 2.45) is 5.92 Å². The highest BCUT2D eigenvalue weighted by molar-refractivity contribution is 5.79. The lowest BCUT2D eigenvalue weighted by Crippen LogP contribution is -2.42. The van der Waals surface area contributed by atoms with Crippen LogP contribution in [-0.2, 0) is 32.0 Å². The molecule has 5 rings (SSSR count). The number of amides is 1. The highest BCUT2D eigenvalue weighted by Crippen LogP contribution is 2.30. The molecule has 2 aromatic carbocycles. The van der Waals surface area contributed by atoms with E-state index in [9.17, 15) is 9.18 Å². The van der Waals surface area contributed by atoms with Gasteiger partial charge in [-0.1, -0.05) is 12.1 Å². The predicted octanol–water partition coefficient (Wildman–Crippen LogP) is 3.98. The molecule has 1 fully saturated rings. The lowest BCUT2D eigenvalue weighted by atomic mass is 10.1. The van der Waals surface area contributed by atoms with E-state index < -0.39 is 6.29 Å². The Balaban J connectivity index is 1.28. The zero-order valence-corrected chi connectivity index (χ0v) is 24.1. The van der Waals surface area contributed by atoms with Crippen molar-refractivity contribution in [2.75, 3.05) is 45.9 Å². The molecule has 3 heterocycles. The maximum atomic E-state index is 13.7. The summed E-state index contributed by atoms with van der Waals surface area (Å²) < 4.78 is 35.7. The first-order valence-electron chi connectivity index (χ1n) is 14.1. The van der Waals surface area contributed by atoms with E-state index in [1.54, 1.807) is 38.6 Å². The third-order valence-electron chi connectivity index (χ3n) is 6.91. The van der Waals surface area contributed by atoms with Gasteiger partial charge in [-0.15, -0.1) is 0 Å². The fourth-order valence-electron chi connectivity index (χ4n) is 4.57. The number of imidazole rings is 1. The highest BCUT2D eigenvalue weighted by Gasteiger charge is 2.29. The fraction of sp³-hybridized carbons (Fsp3) is 0.355. The van der Waals surface area contributed by atoms with Crippen LogP contribution >= 0.6 is 0 Å². The topological polar surface area (TPSA) is 133 Å². The number of nitrogens with one attached hydrogen (secondary N) is 3. The number of aromatic nitrogens is 4. The minimum Gasteiger partial charge on any atom is -0.497 e. The number of ether oxygens (including phenoxy) is 4. The summed E-state index contributed by atoms with van der Waals surface area (Å²) in [5.74, 6) is 1.01. The third-order valence-corrected chi connectivity index (χ3v) is 6.91. The molecule has 1 aliphatic heterocycles. The number of carbonyl (C=O) groups is 1. The average molecular weight is 591 g/mol. The van der Waals surface area contributed by atoms with Crippen LogP contribution in [0.2, 0.25) is 0 Å². The largest absolute Gasteiger partial charge is 0.497 e. The zero-order valence-electron chi connectivity index (χ0n) is 24.1. The number of methoxy groups -OCH3 is 2. The van der Waals surface area contributed by atoms with Crippen molar-refractivity contribution in [3.63, 3.8) is 0 Å². The Hall–Kier alpha value is -4.39. The SMILES string of the molecule is COCCCNC(=O)C1COC(Cc2nc(-c3ccc(F)cc3)c(-c3ccnc(NCc4ccc(OC)cc4)n3)[nH]2)OC1. The summed E-state index contributed by atoms with van der Waals surface area (Å²) in [5, 5.41) is 6.14. The van der Waals surface area contributed by atoms with Gasteiger partial charge in [-0.05, 0) is 54.4 Å². The molecule has 1 saturated heterocycles. The molecule has 2 aromatic heterocycles. The summed E-state index contributed by atoms with van der Waals surface area (Å²) in [6.45, 7) is 2.13. The van der Waals surface area contributed by atoms with Crippen molar-refractivity contribution in [3.05, 3.63) is 78.0 Å². The van der Waals surface area contributed by atoms with Gasteiger partial charge >= 0.3 is 0 Å². The number of H-pyrrole nitrogens is 1. The van der Waals surface area contributed by atoms with Crippen molar-refractivity contribution in [1.29, 1.82) is 0 Å². The Labute approximate surface area is 249 Å². The third kappa shape index (κ3) is 8.13. The van der Waals surface area contributed by atoms with Crippen LogP contribution in [0.4, 0.5) is 10.3 Å². The lowest BCUT2D eigenvalue weighted by molar-refractivity contribution is -0.200. The molecule has 0 radical (unpaired) electrons. The van der Waals surface area contributed by atoms with Crippen molar-refractivity contribution in [3.8, 4) is 28.4 Å². The number of benzene rings is 2. The minimum absolute atomic E-state index is 0.103. The van der Waals surface area contributed by atoms with Gasteiger partial charge in [-0.3, -0.25) is 4.79 Å². The second kappa shape index (κ2) is 14.7. The Morgan fingerprint density at radius 2 is 1.81 bits per heavy atom. The van der Waals surface area contributed by atoms with Gasteiger partial charge in [-0.2, -0.15) is 0 Å². The molecule has 11 nitrogen and oxygen atoms in total. The number of hydrogen-bond acceptors (Lipinski definition) is 9. The number of halogens is 1. The van der Waals surface area contributed by atoms with Crippen molar-refractivity contribution >= 4 is 11.9 Å². The van der Waals surface area contributed by atoms with Crippen molar-refractivity contribution < 1.29 is 28.1 Å². The molecule has 0 aliphatic carbocycles. The van der Waals surface area contributed by atoms with Gasteiger partial charge in [-0.25, -0.2) is 19.3 Å². The summed E-state index contributed by atoms with van der Waals surface area (Å²) in [4.78, 5) is 29.7. The van der Waals surface area contributed by atoms with Gasteiger partial charge < -0.3 is 34.6 Å². The van der Waals surface area contributed by atoms with E-state index in [0.29, 0.717) is 55.0 Å². The highest BCUT2D eigenvalue weighted by atomic mass is 19.1. The Morgan fingerprint density at radius 3 is 2.53 bits per heavy atom. The summed E-state index contributed by atoms with van der Waals surface area (Å²) >= 11 is 0. The van der Waals surface area contributed by atoms with Crippen molar-refractivity contribution in [2.45, 2.75) is 25.7 Å². The summed E-state index contributed by atoms with van der Waals surface area (Å²) in [5.41, 5.74) is 3.64. The van der Waals surface area contributed by atoms with Crippen molar-refractivity contribution in [1.82, 2.24) is 25.3 Å². The molecule has 0 atom stereocenters. The van der Waals surface area contributed by atoms with E-state index >= 15 is 0 Å². The van der Waals surface area contributed by atoms with Gasteiger partial charge in [0.25, 0.3) is 0 Å². The molecule has 0 saturated carbocycles. The number of anilines is 1. The van der Waals surface area contributed by atoms with Gasteiger partial charge in [0.2, 0.25) is 11.9 Å². The molecule has 0 unspecified atom stereocenters. The maximum absolute atomic E-state index is 13.7. The molecule has 226 valence electrons. The monoisotopic (exact) mass is 590 g/mol. The van der Waals surface area contributed by atoms with E-state index in [-0.39, 0.29) is 30.9 Å². The fourth-order valence-corrected chi connectivity index (χ4v) is 4.57. The quantitative estimate of drug-likeness (QED) is 0.198. The molecule has 0 bridgehead atoms. The predicted molar refractivity (Wildman–Crippen MR) is 158 cm³/mol. The van der Waals surface area contributed by atoms with Crippen LogP contribution < -0.4 is 15.4 Å². The molecule has 1 amide bonds. The second-order valence-corrected chi connectivity index (χ2v) is 10.0. The molecular formula is C31H35FN6O5. The number of nitrogens with zero attached hydrogens (tertiary/aromatic N) is 3. The number of rotatable bonds is 13. The molecule has 3 N–H and O–H groups in total. The number of hydrogen-bond donors (Lipinski definition) is 3. The Morgan fingerprint density at radius 1 is 1.05 bits per heavy atom. The lowest BCUT2D eigenvalue weighted by Gasteiger charge is -2.28. The van der Waals surface area contributed by atoms with Gasteiger partial charge in [0.15, 0.2) is 6.29 Å². The van der Waals surface area contributed by atoms with Crippen LogP contribution in [0, 0.1) is 11.7 Å². The zero-order chi connectivity index (χ0) is 30.0. The molecule has 43 heavy (non-hydrogen) atoms. The maximum Gasteiger partial charge on any atom is 0.227 e. The summed E-state index contributed by atoms with van der Waals surface area (Å²) in [7, 11) is 3.26. The van der Waals surface area contributed by atoms with Gasteiger partial charge in [0.1, 0.15) is 17.4 Å². The van der Waals surface area contributed by atoms with Crippen LogP contribution in [0.3, 0.4) is 0 Å². The van der Waals surface area contributed by atoms with E-state index in [1.165, 1.54) is 12.1 Å². The first-order chi connectivity index (χ1) is 21.0. The average Bonchev–Trinajstić information content (AvgIpc) is 3.47. The normalized spacial score (nSPS) is 16.5. The van der Waals surface area contributed by atoms with E-state index in [4.69, 9.17) is 28.9 Å². The van der Waals surface area contributed by atoms with Crippen LogP contribution in [0.1, 0.15) is 17.8 Å². The van der Waals surface area contributed by atoms with Crippen LogP contribution in [-0.4, -0.2) is 72.7 Å². The van der Waals surface area contributed by atoms with E-state index in [1.807, 2.05) is 24.3 Å². The Bertz CT molecular complexity index is 1470. The Kier molecular flexibility index (Phi) is 10.3. The van der Waals surface area contributed by atoms with Gasteiger partial charge in [0, 0.05) is 38.6 Å². The number of aromatic amines is 1. The van der Waals surface area contributed by atoms with E-state index in [2.05, 4.69) is 20.6 Å². The van der Waals surface area contributed by atoms with Crippen LogP contribution in [0.5, 0.6) is 5.75 Å². The molecule has 0 spiro atoms. The van der Waals surface area contributed by atoms with Crippen LogP contribution in [0.15, 0.2) is 60.8 Å². The summed E-state index contributed by atoms with van der Waals surface area (Å²) in [6, 6.07) is 15.6. The minimum atomic E-state index is -0.579. The van der Waals surface area contributed by atoms with Crippen LogP contribution in [0.25, 0.3) is 22.6 Å². The smallest absolute Gasteiger partial charge is 0.227 e. The standard InChI is InChI=1S/C31H35FN6O5/c1-40-15-3-13-33-30(39)22-18-42-27(43-19-22)16-26-37-28(21-6-8-23(32)9-7-21)29(38-26)25-12-14-34-31(36-25)35-17-20-4-10-24(41-2)11-5-20/h4-12,14,22,27H,3,13,15-19H2,1-2H3,(H,33,39)(H,37,38)(H,34,35,36). The first-order valence-corrected chi connectivity index (χ1v) is 14.1. The molecular weight excluding hydrogens is 555 g/mol. The second-order valence-electron chi connectivity index (χ2n) is 10.0. The first kappa shape index (κ1) is 30.1.